The molecule has 1 rings (SSSR count). The minimum Gasteiger partial charge on any atom is -0.460 e. The quantitative estimate of drug-likeness (QED) is 0.680. The summed E-state index contributed by atoms with van der Waals surface area (Å²) in [6, 6.07) is 4.66. The standard InChI is InChI=1S/C12H14BrNO4/c1-7(2)18-11(15)6-17-12(16)8-3-4-9(13)10(14)5-8/h3-5,7H,6,14H2,1-2H3. The molecule has 1 aromatic carbocycles. The SMILES string of the molecule is CC(C)OC(=O)COC(=O)c1ccc(Br)c(N)c1. The number of esters is 2. The highest BCUT2D eigenvalue weighted by Crippen LogP contribution is 2.20. The number of carbonyl (C=O) groups is 2. The minimum absolute atomic E-state index is 0.237. The van der Waals surface area contributed by atoms with Crippen LogP contribution >= 0.6 is 15.9 Å². The highest BCUT2D eigenvalue weighted by Gasteiger charge is 2.12. The molecule has 0 aliphatic carbocycles. The zero-order valence-corrected chi connectivity index (χ0v) is 11.7. The van der Waals surface area contributed by atoms with Crippen LogP contribution in [-0.2, 0) is 14.3 Å². The third kappa shape index (κ3) is 4.37. The van der Waals surface area contributed by atoms with E-state index in [1.807, 2.05) is 0 Å². The van der Waals surface area contributed by atoms with Gasteiger partial charge in [-0.05, 0) is 48.0 Å². The van der Waals surface area contributed by atoms with Crippen molar-refractivity contribution in [1.29, 1.82) is 0 Å². The highest BCUT2D eigenvalue weighted by atomic mass is 79.9. The number of rotatable bonds is 4. The Morgan fingerprint density at radius 2 is 2.06 bits per heavy atom. The molecule has 0 aliphatic heterocycles. The van der Waals surface area contributed by atoms with Gasteiger partial charge >= 0.3 is 11.9 Å². The second-order valence-electron chi connectivity index (χ2n) is 3.85. The average Bonchev–Trinajstić information content (AvgIpc) is 2.28. The van der Waals surface area contributed by atoms with E-state index in [9.17, 15) is 9.59 Å². The van der Waals surface area contributed by atoms with Crippen LogP contribution in [0.3, 0.4) is 0 Å². The molecule has 0 heterocycles. The Hall–Kier alpha value is -1.56. The molecule has 0 unspecified atom stereocenters. The lowest BCUT2D eigenvalue weighted by molar-refractivity contribution is -0.150. The Kier molecular flexibility index (Phi) is 5.15. The Balaban J connectivity index is 2.55. The van der Waals surface area contributed by atoms with Crippen LogP contribution in [0.4, 0.5) is 5.69 Å². The van der Waals surface area contributed by atoms with Crippen molar-refractivity contribution < 1.29 is 19.1 Å². The van der Waals surface area contributed by atoms with Gasteiger partial charge in [0.05, 0.1) is 11.7 Å². The maximum absolute atomic E-state index is 11.6. The summed E-state index contributed by atoms with van der Waals surface area (Å²) in [5.41, 5.74) is 6.34. The molecular formula is C12H14BrNO4. The van der Waals surface area contributed by atoms with Crippen molar-refractivity contribution in [2.75, 3.05) is 12.3 Å². The van der Waals surface area contributed by atoms with Crippen molar-refractivity contribution in [2.45, 2.75) is 20.0 Å². The van der Waals surface area contributed by atoms with Crippen LogP contribution in [0.5, 0.6) is 0 Å². The molecule has 98 valence electrons. The summed E-state index contributed by atoms with van der Waals surface area (Å²) < 4.78 is 10.3. The second kappa shape index (κ2) is 6.39. The number of hydrogen-bond donors (Lipinski definition) is 1. The van der Waals surface area contributed by atoms with E-state index < -0.39 is 18.5 Å². The molecule has 2 N–H and O–H groups in total. The number of halogens is 1. The Bertz CT molecular complexity index is 459. The molecule has 0 radical (unpaired) electrons. The minimum atomic E-state index is -0.616. The fourth-order valence-corrected chi connectivity index (χ4v) is 1.42. The number of ether oxygens (including phenoxy) is 2. The molecule has 0 atom stereocenters. The van der Waals surface area contributed by atoms with Gasteiger partial charge in [-0.3, -0.25) is 0 Å². The predicted molar refractivity (Wildman–Crippen MR) is 70.1 cm³/mol. The summed E-state index contributed by atoms with van der Waals surface area (Å²) in [7, 11) is 0. The summed E-state index contributed by atoms with van der Waals surface area (Å²) in [6.07, 6.45) is -0.237. The van der Waals surface area contributed by atoms with E-state index in [0.717, 1.165) is 0 Å². The molecule has 0 amide bonds. The van der Waals surface area contributed by atoms with Crippen molar-refractivity contribution in [3.05, 3.63) is 28.2 Å². The monoisotopic (exact) mass is 315 g/mol. The van der Waals surface area contributed by atoms with E-state index in [2.05, 4.69) is 15.9 Å². The topological polar surface area (TPSA) is 78.6 Å². The number of benzene rings is 1. The molecule has 0 aliphatic rings. The van der Waals surface area contributed by atoms with Crippen LogP contribution in [0.25, 0.3) is 0 Å². The molecule has 0 bridgehead atoms. The van der Waals surface area contributed by atoms with Gasteiger partial charge < -0.3 is 15.2 Å². The van der Waals surface area contributed by atoms with Gasteiger partial charge in [-0.1, -0.05) is 0 Å². The first kappa shape index (κ1) is 14.5. The van der Waals surface area contributed by atoms with Gasteiger partial charge in [-0.15, -0.1) is 0 Å². The fourth-order valence-electron chi connectivity index (χ4n) is 1.18. The van der Waals surface area contributed by atoms with E-state index in [1.54, 1.807) is 26.0 Å². The summed E-state index contributed by atoms with van der Waals surface area (Å²) in [4.78, 5) is 22.8. The normalized spacial score (nSPS) is 10.2. The van der Waals surface area contributed by atoms with Gasteiger partial charge in [0, 0.05) is 10.2 Å². The van der Waals surface area contributed by atoms with Crippen LogP contribution in [0.2, 0.25) is 0 Å². The van der Waals surface area contributed by atoms with E-state index in [-0.39, 0.29) is 11.7 Å². The third-order valence-electron chi connectivity index (χ3n) is 1.92. The van der Waals surface area contributed by atoms with Crippen molar-refractivity contribution in [3.63, 3.8) is 0 Å². The summed E-state index contributed by atoms with van der Waals surface area (Å²) in [5.74, 6) is -1.20. The molecule has 6 heteroatoms. The summed E-state index contributed by atoms with van der Waals surface area (Å²) >= 11 is 3.22. The highest BCUT2D eigenvalue weighted by molar-refractivity contribution is 9.10. The molecule has 0 spiro atoms. The van der Waals surface area contributed by atoms with Crippen molar-refractivity contribution in [3.8, 4) is 0 Å². The molecule has 18 heavy (non-hydrogen) atoms. The first-order chi connectivity index (χ1) is 8.40. The van der Waals surface area contributed by atoms with Gasteiger partial charge in [0.15, 0.2) is 6.61 Å². The molecule has 0 aromatic heterocycles. The van der Waals surface area contributed by atoms with Crippen LogP contribution in [0.1, 0.15) is 24.2 Å². The largest absolute Gasteiger partial charge is 0.460 e. The smallest absolute Gasteiger partial charge is 0.344 e. The lowest BCUT2D eigenvalue weighted by Gasteiger charge is -2.08. The lowest BCUT2D eigenvalue weighted by atomic mass is 10.2. The number of hydrogen-bond acceptors (Lipinski definition) is 5. The van der Waals surface area contributed by atoms with Gasteiger partial charge in [-0.2, -0.15) is 0 Å². The maximum Gasteiger partial charge on any atom is 0.344 e. The lowest BCUT2D eigenvalue weighted by Crippen LogP contribution is -2.19. The third-order valence-corrected chi connectivity index (χ3v) is 2.64. The van der Waals surface area contributed by atoms with Crippen molar-refractivity contribution in [1.82, 2.24) is 0 Å². The molecular weight excluding hydrogens is 302 g/mol. The first-order valence-electron chi connectivity index (χ1n) is 5.31. The Morgan fingerprint density at radius 1 is 1.39 bits per heavy atom. The van der Waals surface area contributed by atoms with E-state index >= 15 is 0 Å². The van der Waals surface area contributed by atoms with Crippen LogP contribution in [0, 0.1) is 0 Å². The predicted octanol–water partition coefficient (Wildman–Crippen LogP) is 2.14. The zero-order valence-electron chi connectivity index (χ0n) is 10.1. The van der Waals surface area contributed by atoms with Crippen molar-refractivity contribution in [2.24, 2.45) is 0 Å². The number of nitrogens with two attached hydrogens (primary N) is 1. The zero-order chi connectivity index (χ0) is 13.7. The summed E-state index contributed by atoms with van der Waals surface area (Å²) in [6.45, 7) is 3.03. The number of carbonyl (C=O) groups excluding carboxylic acids is 2. The maximum atomic E-state index is 11.6. The molecule has 5 nitrogen and oxygen atoms in total. The van der Waals surface area contributed by atoms with E-state index in [0.29, 0.717) is 10.2 Å². The van der Waals surface area contributed by atoms with Gasteiger partial charge in [0.2, 0.25) is 0 Å². The second-order valence-corrected chi connectivity index (χ2v) is 4.71. The van der Waals surface area contributed by atoms with Crippen molar-refractivity contribution >= 4 is 33.6 Å². The molecule has 0 saturated heterocycles. The fraction of sp³-hybridized carbons (Fsp3) is 0.333. The molecule has 1 aromatic rings. The number of anilines is 1. The van der Waals surface area contributed by atoms with Crippen LogP contribution in [0.15, 0.2) is 22.7 Å². The average molecular weight is 316 g/mol. The first-order valence-corrected chi connectivity index (χ1v) is 6.11. The van der Waals surface area contributed by atoms with Gasteiger partial charge in [-0.25, -0.2) is 9.59 Å². The van der Waals surface area contributed by atoms with Crippen LogP contribution < -0.4 is 5.73 Å². The van der Waals surface area contributed by atoms with E-state index in [1.165, 1.54) is 6.07 Å². The van der Waals surface area contributed by atoms with Crippen LogP contribution in [-0.4, -0.2) is 24.6 Å². The summed E-state index contributed by atoms with van der Waals surface area (Å²) in [5, 5.41) is 0. The number of nitrogen functional groups attached to an aromatic ring is 1. The Labute approximate surface area is 113 Å². The molecule has 0 saturated carbocycles. The van der Waals surface area contributed by atoms with Gasteiger partial charge in [0.25, 0.3) is 0 Å². The van der Waals surface area contributed by atoms with E-state index in [4.69, 9.17) is 15.2 Å². The Morgan fingerprint density at radius 3 is 2.61 bits per heavy atom. The molecule has 0 fully saturated rings. The van der Waals surface area contributed by atoms with Gasteiger partial charge in [0.1, 0.15) is 0 Å².